The molecular formula is C4H8ClNaO4. The van der Waals surface area contributed by atoms with Crippen molar-refractivity contribution in [1.29, 1.82) is 0 Å². The standard InChI is InChI=1S/C4H6O4.ClH.Na.H/c5-3(6)1-2-4(7)8;;;/h1-2H2,(H,5,6)(H,7,8);1H;;. The van der Waals surface area contributed by atoms with Crippen LogP contribution < -0.4 is 0 Å². The van der Waals surface area contributed by atoms with Gasteiger partial charge >= 0.3 is 41.5 Å². The van der Waals surface area contributed by atoms with Gasteiger partial charge in [0.25, 0.3) is 0 Å². The molecule has 0 unspecified atom stereocenters. The summed E-state index contributed by atoms with van der Waals surface area (Å²) in [4.78, 5) is 19.3. The summed E-state index contributed by atoms with van der Waals surface area (Å²) in [6, 6.07) is 0. The van der Waals surface area contributed by atoms with Gasteiger partial charge in [-0.3, -0.25) is 9.59 Å². The first kappa shape index (κ1) is 16.7. The van der Waals surface area contributed by atoms with Crippen LogP contribution >= 0.6 is 12.4 Å². The van der Waals surface area contributed by atoms with Gasteiger partial charge in [0.2, 0.25) is 0 Å². The van der Waals surface area contributed by atoms with Crippen molar-refractivity contribution in [3.63, 3.8) is 0 Å². The summed E-state index contributed by atoms with van der Waals surface area (Å²) in [7, 11) is 0. The Labute approximate surface area is 86.3 Å². The van der Waals surface area contributed by atoms with Gasteiger partial charge in [-0.05, 0) is 0 Å². The van der Waals surface area contributed by atoms with Crippen LogP contribution in [0.1, 0.15) is 12.8 Å². The van der Waals surface area contributed by atoms with Gasteiger partial charge in [0.05, 0.1) is 12.8 Å². The summed E-state index contributed by atoms with van der Waals surface area (Å²) >= 11 is 0. The van der Waals surface area contributed by atoms with E-state index in [1.165, 1.54) is 0 Å². The summed E-state index contributed by atoms with van der Waals surface area (Å²) in [6.45, 7) is 0. The van der Waals surface area contributed by atoms with Crippen molar-refractivity contribution in [3.8, 4) is 0 Å². The number of hydrogen-bond donors (Lipinski definition) is 2. The zero-order chi connectivity index (χ0) is 6.57. The Morgan fingerprint density at radius 3 is 1.30 bits per heavy atom. The van der Waals surface area contributed by atoms with E-state index in [4.69, 9.17) is 10.2 Å². The van der Waals surface area contributed by atoms with Crippen LogP contribution in [0, 0.1) is 0 Å². The summed E-state index contributed by atoms with van der Waals surface area (Å²) in [5.74, 6) is -2.15. The molecule has 0 aliphatic rings. The van der Waals surface area contributed by atoms with Crippen LogP contribution in [0.25, 0.3) is 0 Å². The minimum atomic E-state index is -1.08. The maximum absolute atomic E-state index is 9.64. The molecule has 0 spiro atoms. The zero-order valence-corrected chi connectivity index (χ0v) is 5.35. The van der Waals surface area contributed by atoms with Gasteiger partial charge in [-0.25, -0.2) is 0 Å². The van der Waals surface area contributed by atoms with Crippen molar-refractivity contribution >= 4 is 53.9 Å². The molecule has 2 N–H and O–H groups in total. The number of rotatable bonds is 3. The van der Waals surface area contributed by atoms with Gasteiger partial charge in [0.15, 0.2) is 0 Å². The van der Waals surface area contributed by atoms with E-state index < -0.39 is 11.9 Å². The maximum atomic E-state index is 9.64. The number of hydrogen-bond acceptors (Lipinski definition) is 2. The molecule has 0 aromatic carbocycles. The van der Waals surface area contributed by atoms with Gasteiger partial charge < -0.3 is 10.2 Å². The van der Waals surface area contributed by atoms with Crippen LogP contribution in [0.3, 0.4) is 0 Å². The van der Waals surface area contributed by atoms with E-state index in [9.17, 15) is 9.59 Å². The monoisotopic (exact) mass is 178 g/mol. The van der Waals surface area contributed by atoms with E-state index in [0.717, 1.165) is 0 Å². The van der Waals surface area contributed by atoms with Crippen LogP contribution in [0.2, 0.25) is 0 Å². The molecule has 10 heavy (non-hydrogen) atoms. The molecule has 6 heteroatoms. The molecule has 0 rings (SSSR count). The molecule has 0 amide bonds. The Hall–Kier alpha value is 0.230. The van der Waals surface area contributed by atoms with Crippen molar-refractivity contribution in [3.05, 3.63) is 0 Å². The normalized spacial score (nSPS) is 6.80. The van der Waals surface area contributed by atoms with Crippen molar-refractivity contribution in [2.75, 3.05) is 0 Å². The summed E-state index contributed by atoms with van der Waals surface area (Å²) in [5, 5.41) is 15.8. The van der Waals surface area contributed by atoms with Gasteiger partial charge in [0, 0.05) is 0 Å². The molecule has 0 atom stereocenters. The first-order chi connectivity index (χ1) is 3.63. The molecule has 4 nitrogen and oxygen atoms in total. The average Bonchev–Trinajstić information content (AvgIpc) is 1.61. The fourth-order valence-electron chi connectivity index (χ4n) is 0.214. The molecule has 0 bridgehead atoms. The molecule has 0 aliphatic heterocycles. The quantitative estimate of drug-likeness (QED) is 0.583. The topological polar surface area (TPSA) is 74.6 Å². The number of carboxylic acids is 2. The third-order valence-electron chi connectivity index (χ3n) is 0.553. The molecule has 0 radical (unpaired) electrons. The van der Waals surface area contributed by atoms with E-state index in [2.05, 4.69) is 0 Å². The molecular weight excluding hydrogens is 170 g/mol. The van der Waals surface area contributed by atoms with Crippen LogP contribution in [0.5, 0.6) is 0 Å². The van der Waals surface area contributed by atoms with Crippen LogP contribution in [0.4, 0.5) is 0 Å². The number of carboxylic acid groups (broad SMARTS) is 2. The fourth-order valence-corrected chi connectivity index (χ4v) is 0.214. The predicted molar refractivity (Wildman–Crippen MR) is 38.9 cm³/mol. The Bertz CT molecular complexity index is 102. The Morgan fingerprint density at radius 1 is 1.00 bits per heavy atom. The second-order valence-electron chi connectivity index (χ2n) is 1.29. The van der Waals surface area contributed by atoms with Crippen molar-refractivity contribution in [2.24, 2.45) is 0 Å². The molecule has 0 aliphatic carbocycles. The summed E-state index contributed by atoms with van der Waals surface area (Å²) in [5.41, 5.74) is 0. The van der Waals surface area contributed by atoms with Crippen molar-refractivity contribution in [1.82, 2.24) is 0 Å². The number of halogens is 1. The van der Waals surface area contributed by atoms with E-state index in [-0.39, 0.29) is 54.8 Å². The van der Waals surface area contributed by atoms with Gasteiger partial charge in [-0.15, -0.1) is 12.4 Å². The predicted octanol–water partition coefficient (Wildman–Crippen LogP) is -0.291. The van der Waals surface area contributed by atoms with Crippen LogP contribution in [0.15, 0.2) is 0 Å². The molecule has 56 valence electrons. The number of aliphatic carboxylic acids is 2. The van der Waals surface area contributed by atoms with E-state index in [0.29, 0.717) is 0 Å². The molecule has 0 fully saturated rings. The fraction of sp³-hybridized carbons (Fsp3) is 0.500. The van der Waals surface area contributed by atoms with Crippen LogP contribution in [-0.4, -0.2) is 51.7 Å². The van der Waals surface area contributed by atoms with Crippen molar-refractivity contribution in [2.45, 2.75) is 12.8 Å². The third-order valence-corrected chi connectivity index (χ3v) is 0.553. The first-order valence-electron chi connectivity index (χ1n) is 2.06. The number of carbonyl (C=O) groups is 2. The minimum absolute atomic E-state index is 0. The Balaban J connectivity index is -0.000000245. The van der Waals surface area contributed by atoms with E-state index in [1.807, 2.05) is 0 Å². The summed E-state index contributed by atoms with van der Waals surface area (Å²) in [6.07, 6.45) is -0.593. The molecule has 0 aromatic rings. The Kier molecular flexibility index (Phi) is 15.4. The SMILES string of the molecule is Cl.O=C(O)CCC(=O)O.[NaH]. The molecule has 0 aromatic heterocycles. The van der Waals surface area contributed by atoms with Crippen molar-refractivity contribution < 1.29 is 19.8 Å². The van der Waals surface area contributed by atoms with Gasteiger partial charge in [-0.1, -0.05) is 0 Å². The van der Waals surface area contributed by atoms with Gasteiger partial charge in [0.1, 0.15) is 0 Å². The van der Waals surface area contributed by atoms with E-state index >= 15 is 0 Å². The first-order valence-corrected chi connectivity index (χ1v) is 2.06. The molecule has 0 saturated heterocycles. The second kappa shape index (κ2) is 9.23. The average molecular weight is 179 g/mol. The van der Waals surface area contributed by atoms with Crippen LogP contribution in [-0.2, 0) is 9.59 Å². The molecule has 0 heterocycles. The van der Waals surface area contributed by atoms with Gasteiger partial charge in [-0.2, -0.15) is 0 Å². The Morgan fingerprint density at radius 2 is 1.20 bits per heavy atom. The zero-order valence-electron chi connectivity index (χ0n) is 4.53. The summed E-state index contributed by atoms with van der Waals surface area (Å²) < 4.78 is 0. The second-order valence-corrected chi connectivity index (χ2v) is 1.29. The molecule has 0 saturated carbocycles. The third kappa shape index (κ3) is 15.7. The van der Waals surface area contributed by atoms with E-state index in [1.54, 1.807) is 0 Å².